The molecule has 0 bridgehead atoms. The van der Waals surface area contributed by atoms with Gasteiger partial charge in [0.2, 0.25) is 5.91 Å². The second-order valence-corrected chi connectivity index (χ2v) is 5.62. The van der Waals surface area contributed by atoms with Gasteiger partial charge in [-0.1, -0.05) is 30.3 Å². The molecule has 0 aliphatic carbocycles. The van der Waals surface area contributed by atoms with Crippen molar-refractivity contribution in [3.63, 3.8) is 0 Å². The predicted molar refractivity (Wildman–Crippen MR) is 90.2 cm³/mol. The molecular formula is C18H18FN3O2. The van der Waals surface area contributed by atoms with Crippen LogP contribution in [0, 0.1) is 5.82 Å². The van der Waals surface area contributed by atoms with Crippen LogP contribution in [-0.2, 0) is 4.79 Å². The second kappa shape index (κ2) is 7.12. The Bertz CT molecular complexity index is 736. The Morgan fingerprint density at radius 1 is 1.00 bits per heavy atom. The molecule has 2 aromatic carbocycles. The lowest BCUT2D eigenvalue weighted by Gasteiger charge is -2.24. The van der Waals surface area contributed by atoms with E-state index in [1.165, 1.54) is 17.0 Å². The fourth-order valence-electron chi connectivity index (χ4n) is 2.78. The van der Waals surface area contributed by atoms with E-state index >= 15 is 0 Å². The molecule has 1 atom stereocenters. The summed E-state index contributed by atoms with van der Waals surface area (Å²) in [5.41, 5.74) is 0.792. The topological polar surface area (TPSA) is 61.4 Å². The third kappa shape index (κ3) is 3.53. The Hall–Kier alpha value is -2.89. The predicted octanol–water partition coefficient (Wildman–Crippen LogP) is 3.46. The van der Waals surface area contributed by atoms with Crippen molar-refractivity contribution in [2.45, 2.75) is 18.9 Å². The number of rotatable bonds is 3. The lowest BCUT2D eigenvalue weighted by atomic mass is 10.2. The molecule has 124 valence electrons. The van der Waals surface area contributed by atoms with Gasteiger partial charge in [0, 0.05) is 12.2 Å². The summed E-state index contributed by atoms with van der Waals surface area (Å²) in [7, 11) is 0. The SMILES string of the molecule is O=C(Nc1ccccc1F)[C@H]1CCCN1C(=O)Nc1ccccc1. The Morgan fingerprint density at radius 3 is 2.46 bits per heavy atom. The van der Waals surface area contributed by atoms with Crippen LogP contribution in [0.4, 0.5) is 20.6 Å². The molecule has 2 aromatic rings. The number of hydrogen-bond donors (Lipinski definition) is 2. The van der Waals surface area contributed by atoms with E-state index in [4.69, 9.17) is 0 Å². The van der Waals surface area contributed by atoms with Crippen LogP contribution in [-0.4, -0.2) is 29.4 Å². The van der Waals surface area contributed by atoms with Crippen molar-refractivity contribution >= 4 is 23.3 Å². The Morgan fingerprint density at radius 2 is 1.71 bits per heavy atom. The van der Waals surface area contributed by atoms with E-state index in [-0.39, 0.29) is 17.6 Å². The van der Waals surface area contributed by atoms with Gasteiger partial charge in [0.15, 0.2) is 0 Å². The van der Waals surface area contributed by atoms with E-state index in [0.717, 1.165) is 6.42 Å². The first-order chi connectivity index (χ1) is 11.6. The molecule has 1 aliphatic heterocycles. The number of para-hydroxylation sites is 2. The van der Waals surface area contributed by atoms with Gasteiger partial charge in [-0.05, 0) is 37.1 Å². The zero-order valence-corrected chi connectivity index (χ0v) is 13.0. The summed E-state index contributed by atoms with van der Waals surface area (Å²) in [6.45, 7) is 0.494. The molecule has 1 saturated heterocycles. The maximum absolute atomic E-state index is 13.7. The Balaban J connectivity index is 1.67. The normalized spacial score (nSPS) is 16.7. The molecule has 1 fully saturated rings. The minimum atomic E-state index is -0.603. The molecule has 1 heterocycles. The van der Waals surface area contributed by atoms with Crippen LogP contribution in [0.15, 0.2) is 54.6 Å². The smallest absolute Gasteiger partial charge is 0.322 e. The zero-order valence-electron chi connectivity index (χ0n) is 13.0. The van der Waals surface area contributed by atoms with E-state index in [0.29, 0.717) is 18.7 Å². The highest BCUT2D eigenvalue weighted by Gasteiger charge is 2.34. The van der Waals surface area contributed by atoms with E-state index in [1.54, 1.807) is 24.3 Å². The molecule has 3 rings (SSSR count). The number of hydrogen-bond acceptors (Lipinski definition) is 2. The molecular weight excluding hydrogens is 309 g/mol. The van der Waals surface area contributed by atoms with Crippen molar-refractivity contribution in [2.75, 3.05) is 17.2 Å². The number of likely N-dealkylation sites (tertiary alicyclic amines) is 1. The summed E-state index contributed by atoms with van der Waals surface area (Å²) < 4.78 is 13.7. The molecule has 0 unspecified atom stereocenters. The highest BCUT2D eigenvalue weighted by atomic mass is 19.1. The summed E-state index contributed by atoms with van der Waals surface area (Å²) in [6, 6.07) is 14.1. The first kappa shape index (κ1) is 16.0. The van der Waals surface area contributed by atoms with Gasteiger partial charge >= 0.3 is 6.03 Å². The van der Waals surface area contributed by atoms with Gasteiger partial charge in [0.25, 0.3) is 0 Å². The van der Waals surface area contributed by atoms with Crippen LogP contribution < -0.4 is 10.6 Å². The zero-order chi connectivity index (χ0) is 16.9. The summed E-state index contributed by atoms with van der Waals surface area (Å²) in [4.78, 5) is 26.3. The lowest BCUT2D eigenvalue weighted by Crippen LogP contribution is -2.45. The van der Waals surface area contributed by atoms with Crippen LogP contribution >= 0.6 is 0 Å². The van der Waals surface area contributed by atoms with Crippen LogP contribution in [0.2, 0.25) is 0 Å². The van der Waals surface area contributed by atoms with Gasteiger partial charge in [-0.25, -0.2) is 9.18 Å². The first-order valence-corrected chi connectivity index (χ1v) is 7.83. The number of benzene rings is 2. The standard InChI is InChI=1S/C18H18FN3O2/c19-14-9-4-5-10-15(14)21-17(23)16-11-6-12-22(16)18(24)20-13-7-2-1-3-8-13/h1-5,7-10,16H,6,11-12H2,(H,20,24)(H,21,23)/t16-/m1/s1. The number of carbonyl (C=O) groups excluding carboxylic acids is 2. The van der Waals surface area contributed by atoms with Gasteiger partial charge in [-0.2, -0.15) is 0 Å². The minimum Gasteiger partial charge on any atom is -0.322 e. The van der Waals surface area contributed by atoms with Gasteiger partial charge in [-0.15, -0.1) is 0 Å². The van der Waals surface area contributed by atoms with Crippen molar-refractivity contribution < 1.29 is 14.0 Å². The summed E-state index contributed by atoms with van der Waals surface area (Å²) >= 11 is 0. The number of nitrogens with one attached hydrogen (secondary N) is 2. The number of halogens is 1. The highest BCUT2D eigenvalue weighted by molar-refractivity contribution is 5.99. The molecule has 6 heteroatoms. The van der Waals surface area contributed by atoms with E-state index in [2.05, 4.69) is 10.6 Å². The van der Waals surface area contributed by atoms with Crippen LogP contribution in [0.1, 0.15) is 12.8 Å². The van der Waals surface area contributed by atoms with Crippen molar-refractivity contribution in [2.24, 2.45) is 0 Å². The number of nitrogens with zero attached hydrogens (tertiary/aromatic N) is 1. The van der Waals surface area contributed by atoms with Crippen LogP contribution in [0.25, 0.3) is 0 Å². The van der Waals surface area contributed by atoms with Gasteiger partial charge in [0.05, 0.1) is 5.69 Å². The van der Waals surface area contributed by atoms with Crippen molar-refractivity contribution in [1.29, 1.82) is 0 Å². The maximum atomic E-state index is 13.7. The fraction of sp³-hybridized carbons (Fsp3) is 0.222. The average Bonchev–Trinajstić information content (AvgIpc) is 3.08. The van der Waals surface area contributed by atoms with E-state index < -0.39 is 11.9 Å². The number of anilines is 2. The quantitative estimate of drug-likeness (QED) is 0.907. The molecule has 0 saturated carbocycles. The van der Waals surface area contributed by atoms with Crippen molar-refractivity contribution in [3.05, 3.63) is 60.4 Å². The third-order valence-corrected chi connectivity index (χ3v) is 3.97. The second-order valence-electron chi connectivity index (χ2n) is 5.62. The average molecular weight is 327 g/mol. The van der Waals surface area contributed by atoms with Crippen LogP contribution in [0.3, 0.4) is 0 Å². The molecule has 24 heavy (non-hydrogen) atoms. The molecule has 0 aromatic heterocycles. The van der Waals surface area contributed by atoms with Crippen molar-refractivity contribution in [3.8, 4) is 0 Å². The molecule has 1 aliphatic rings. The van der Waals surface area contributed by atoms with Gasteiger partial charge in [0.1, 0.15) is 11.9 Å². The lowest BCUT2D eigenvalue weighted by molar-refractivity contribution is -0.119. The summed E-state index contributed by atoms with van der Waals surface area (Å²) in [5, 5.41) is 5.34. The number of urea groups is 1. The first-order valence-electron chi connectivity index (χ1n) is 7.83. The largest absolute Gasteiger partial charge is 0.322 e. The maximum Gasteiger partial charge on any atom is 0.322 e. The molecule has 0 spiro atoms. The van der Waals surface area contributed by atoms with Crippen LogP contribution in [0.5, 0.6) is 0 Å². The number of carbonyl (C=O) groups is 2. The fourth-order valence-corrected chi connectivity index (χ4v) is 2.78. The third-order valence-electron chi connectivity index (χ3n) is 3.97. The Labute approximate surface area is 139 Å². The Kier molecular flexibility index (Phi) is 4.74. The van der Waals surface area contributed by atoms with E-state index in [9.17, 15) is 14.0 Å². The minimum absolute atomic E-state index is 0.123. The monoisotopic (exact) mass is 327 g/mol. The molecule has 0 radical (unpaired) electrons. The van der Waals surface area contributed by atoms with Gasteiger partial charge in [-0.3, -0.25) is 4.79 Å². The molecule has 2 N–H and O–H groups in total. The van der Waals surface area contributed by atoms with Gasteiger partial charge < -0.3 is 15.5 Å². The summed E-state index contributed by atoms with van der Waals surface area (Å²) in [6.07, 6.45) is 1.29. The number of amides is 3. The van der Waals surface area contributed by atoms with E-state index in [1.807, 2.05) is 18.2 Å². The van der Waals surface area contributed by atoms with Crippen molar-refractivity contribution in [1.82, 2.24) is 4.90 Å². The summed E-state index contributed by atoms with van der Waals surface area (Å²) in [5.74, 6) is -0.870. The molecule has 5 nitrogen and oxygen atoms in total. The molecule has 3 amide bonds. The highest BCUT2D eigenvalue weighted by Crippen LogP contribution is 2.21.